The van der Waals surface area contributed by atoms with Crippen molar-refractivity contribution < 1.29 is 23.4 Å². The van der Waals surface area contributed by atoms with Crippen molar-refractivity contribution >= 4 is 0 Å². The summed E-state index contributed by atoms with van der Waals surface area (Å²) in [5.41, 5.74) is 0.585. The molecular weight excluding hydrogens is 352 g/mol. The van der Waals surface area contributed by atoms with Crippen LogP contribution in [0.4, 0.5) is 8.78 Å². The van der Waals surface area contributed by atoms with Crippen molar-refractivity contribution in [2.24, 2.45) is 0 Å². The number of aliphatic hydroxyl groups excluding tert-OH is 1. The van der Waals surface area contributed by atoms with Crippen LogP contribution in [-0.4, -0.2) is 48.5 Å². The van der Waals surface area contributed by atoms with Crippen molar-refractivity contribution in [3.05, 3.63) is 65.7 Å². The number of rotatable bonds is 9. The van der Waals surface area contributed by atoms with E-state index in [0.29, 0.717) is 30.9 Å². The van der Waals surface area contributed by atoms with Crippen molar-refractivity contribution in [1.29, 1.82) is 0 Å². The van der Waals surface area contributed by atoms with Gasteiger partial charge in [0.1, 0.15) is 30.1 Å². The van der Waals surface area contributed by atoms with Crippen LogP contribution in [0.2, 0.25) is 0 Å². The molecule has 1 aliphatic heterocycles. The van der Waals surface area contributed by atoms with Gasteiger partial charge in [0.05, 0.1) is 6.10 Å². The van der Waals surface area contributed by atoms with Gasteiger partial charge in [-0.3, -0.25) is 4.90 Å². The Morgan fingerprint density at radius 2 is 1.93 bits per heavy atom. The van der Waals surface area contributed by atoms with Crippen molar-refractivity contribution in [3.63, 3.8) is 0 Å². The third-order valence-corrected chi connectivity index (χ3v) is 4.56. The Morgan fingerprint density at radius 3 is 2.63 bits per heavy atom. The molecule has 6 heteroatoms. The molecule has 0 aromatic heterocycles. The summed E-state index contributed by atoms with van der Waals surface area (Å²) in [6, 6.07) is 12.3. The van der Waals surface area contributed by atoms with E-state index in [4.69, 9.17) is 9.47 Å². The van der Waals surface area contributed by atoms with E-state index in [1.807, 2.05) is 4.90 Å². The second-order valence-corrected chi connectivity index (χ2v) is 6.84. The van der Waals surface area contributed by atoms with Crippen LogP contribution in [0.25, 0.3) is 0 Å². The first-order chi connectivity index (χ1) is 13.1. The monoisotopic (exact) mass is 377 g/mol. The van der Waals surface area contributed by atoms with Gasteiger partial charge in [-0.25, -0.2) is 8.78 Å². The summed E-state index contributed by atoms with van der Waals surface area (Å²) in [7, 11) is 0. The molecule has 2 aromatic rings. The van der Waals surface area contributed by atoms with Crippen LogP contribution >= 0.6 is 0 Å². The first-order valence-electron chi connectivity index (χ1n) is 9.24. The highest BCUT2D eigenvalue weighted by molar-refractivity contribution is 5.22. The fourth-order valence-electron chi connectivity index (χ4n) is 3.22. The van der Waals surface area contributed by atoms with Crippen LogP contribution in [0.3, 0.4) is 0 Å². The highest BCUT2D eigenvalue weighted by Gasteiger charge is 2.22. The number of nitrogens with zero attached hydrogens (tertiary/aromatic N) is 1. The van der Waals surface area contributed by atoms with Gasteiger partial charge in [-0.2, -0.15) is 0 Å². The lowest BCUT2D eigenvalue weighted by Crippen LogP contribution is -2.39. The molecule has 1 aliphatic rings. The number of hydrogen-bond donors (Lipinski definition) is 1. The molecule has 2 aromatic carbocycles. The lowest BCUT2D eigenvalue weighted by Gasteiger charge is -2.27. The summed E-state index contributed by atoms with van der Waals surface area (Å²) in [6.07, 6.45) is 1.33. The zero-order chi connectivity index (χ0) is 19.1. The van der Waals surface area contributed by atoms with Crippen molar-refractivity contribution in [2.45, 2.75) is 31.6 Å². The molecule has 0 amide bonds. The molecule has 27 heavy (non-hydrogen) atoms. The highest BCUT2D eigenvalue weighted by atomic mass is 19.1. The summed E-state index contributed by atoms with van der Waals surface area (Å²) in [5, 5.41) is 10.4. The summed E-state index contributed by atoms with van der Waals surface area (Å²) in [4.78, 5) is 1.99. The average molecular weight is 377 g/mol. The van der Waals surface area contributed by atoms with E-state index in [0.717, 1.165) is 19.4 Å². The lowest BCUT2D eigenvalue weighted by molar-refractivity contribution is 0.0310. The maximum atomic E-state index is 14.0. The second-order valence-electron chi connectivity index (χ2n) is 6.84. The predicted octanol–water partition coefficient (Wildman–Crippen LogP) is 3.39. The third kappa shape index (κ3) is 6.27. The van der Waals surface area contributed by atoms with E-state index in [9.17, 15) is 13.9 Å². The summed E-state index contributed by atoms with van der Waals surface area (Å²) >= 11 is 0. The maximum Gasteiger partial charge on any atom is 0.127 e. The largest absolute Gasteiger partial charge is 0.491 e. The minimum Gasteiger partial charge on any atom is -0.491 e. The minimum atomic E-state index is -0.761. The highest BCUT2D eigenvalue weighted by Crippen LogP contribution is 2.17. The van der Waals surface area contributed by atoms with Crippen LogP contribution in [0.1, 0.15) is 18.4 Å². The average Bonchev–Trinajstić information content (AvgIpc) is 3.16. The summed E-state index contributed by atoms with van der Waals surface area (Å²) in [5.74, 6) is -0.0994. The number of halogens is 2. The molecule has 0 bridgehead atoms. The summed E-state index contributed by atoms with van der Waals surface area (Å²) < 4.78 is 38.2. The SMILES string of the molecule is OC(COc1ccc(F)cc1)CN(Cc1ccccc1F)CC1CCCO1. The van der Waals surface area contributed by atoms with Crippen molar-refractivity contribution in [1.82, 2.24) is 4.90 Å². The Kier molecular flexibility index (Phi) is 7.15. The molecule has 1 saturated heterocycles. The molecule has 0 radical (unpaired) electrons. The molecule has 146 valence electrons. The van der Waals surface area contributed by atoms with E-state index < -0.39 is 6.10 Å². The molecule has 1 fully saturated rings. The van der Waals surface area contributed by atoms with E-state index >= 15 is 0 Å². The number of hydrogen-bond acceptors (Lipinski definition) is 4. The van der Waals surface area contributed by atoms with E-state index in [1.54, 1.807) is 18.2 Å². The quantitative estimate of drug-likeness (QED) is 0.727. The topological polar surface area (TPSA) is 41.9 Å². The van der Waals surface area contributed by atoms with E-state index in [2.05, 4.69) is 0 Å². The Bertz CT molecular complexity index is 705. The predicted molar refractivity (Wildman–Crippen MR) is 98.6 cm³/mol. The molecule has 2 atom stereocenters. The molecule has 1 heterocycles. The van der Waals surface area contributed by atoms with Gasteiger partial charge in [-0.1, -0.05) is 18.2 Å². The van der Waals surface area contributed by atoms with Crippen LogP contribution < -0.4 is 4.74 Å². The summed E-state index contributed by atoms with van der Waals surface area (Å²) in [6.45, 7) is 2.16. The van der Waals surface area contributed by atoms with Gasteiger partial charge in [0.25, 0.3) is 0 Å². The normalized spacial score (nSPS) is 18.0. The van der Waals surface area contributed by atoms with Gasteiger partial charge < -0.3 is 14.6 Å². The molecule has 1 N–H and O–H groups in total. The Balaban J connectivity index is 1.57. The van der Waals surface area contributed by atoms with Gasteiger partial charge in [0, 0.05) is 31.8 Å². The number of aliphatic hydroxyl groups is 1. The van der Waals surface area contributed by atoms with E-state index in [-0.39, 0.29) is 24.3 Å². The maximum absolute atomic E-state index is 14.0. The fourth-order valence-corrected chi connectivity index (χ4v) is 3.22. The van der Waals surface area contributed by atoms with E-state index in [1.165, 1.54) is 30.3 Å². The zero-order valence-electron chi connectivity index (χ0n) is 15.2. The standard InChI is InChI=1S/C21H25F2NO3/c22-17-7-9-19(10-8-17)27-15-18(25)13-24(14-20-5-3-11-26-20)12-16-4-1-2-6-21(16)23/h1-2,4,6-10,18,20,25H,3,5,11-15H2. The molecule has 4 nitrogen and oxygen atoms in total. The van der Waals surface area contributed by atoms with Crippen LogP contribution in [0, 0.1) is 11.6 Å². The molecule has 0 spiro atoms. The van der Waals surface area contributed by atoms with Crippen LogP contribution in [0.15, 0.2) is 48.5 Å². The molecule has 0 aliphatic carbocycles. The van der Waals surface area contributed by atoms with Crippen molar-refractivity contribution in [3.8, 4) is 5.75 Å². The fraction of sp³-hybridized carbons (Fsp3) is 0.429. The van der Waals surface area contributed by atoms with Gasteiger partial charge >= 0.3 is 0 Å². The molecule has 2 unspecified atom stereocenters. The van der Waals surface area contributed by atoms with Gasteiger partial charge in [0.15, 0.2) is 0 Å². The Morgan fingerprint density at radius 1 is 1.15 bits per heavy atom. The first kappa shape index (κ1) is 19.7. The molecule has 0 saturated carbocycles. The van der Waals surface area contributed by atoms with Crippen molar-refractivity contribution in [2.75, 3.05) is 26.3 Å². The second kappa shape index (κ2) is 9.78. The molecular formula is C21H25F2NO3. The Labute approximate surface area is 158 Å². The Hall–Kier alpha value is -2.02. The number of ether oxygens (including phenoxy) is 2. The van der Waals surface area contributed by atoms with Gasteiger partial charge in [-0.15, -0.1) is 0 Å². The van der Waals surface area contributed by atoms with Crippen LogP contribution in [0.5, 0.6) is 5.75 Å². The lowest BCUT2D eigenvalue weighted by atomic mass is 10.1. The number of benzene rings is 2. The van der Waals surface area contributed by atoms with Crippen LogP contribution in [-0.2, 0) is 11.3 Å². The smallest absolute Gasteiger partial charge is 0.127 e. The third-order valence-electron chi connectivity index (χ3n) is 4.56. The minimum absolute atomic E-state index is 0.0743. The molecule has 3 rings (SSSR count). The first-order valence-corrected chi connectivity index (χ1v) is 9.24. The van der Waals surface area contributed by atoms with Gasteiger partial charge in [0.2, 0.25) is 0 Å². The zero-order valence-corrected chi connectivity index (χ0v) is 15.2. The van der Waals surface area contributed by atoms with Gasteiger partial charge in [-0.05, 0) is 43.2 Å².